The summed E-state index contributed by atoms with van der Waals surface area (Å²) >= 11 is 1.34. The summed E-state index contributed by atoms with van der Waals surface area (Å²) in [5, 5.41) is 14.3. The molecule has 1 heterocycles. The number of methoxy groups -OCH3 is 1. The van der Waals surface area contributed by atoms with Gasteiger partial charge in [0.15, 0.2) is 5.69 Å². The lowest BCUT2D eigenvalue weighted by atomic mass is 9.94. The van der Waals surface area contributed by atoms with Crippen molar-refractivity contribution in [2.24, 2.45) is 0 Å². The fourth-order valence-electron chi connectivity index (χ4n) is 3.35. The molecule has 2 amide bonds. The van der Waals surface area contributed by atoms with Gasteiger partial charge in [0.1, 0.15) is 5.01 Å². The molecule has 2 aromatic rings. The number of aromatic nitrogens is 1. The molecule has 0 spiro atoms. The molecule has 3 rings (SSSR count). The molecule has 146 valence electrons. The molecule has 1 aliphatic rings. The molecule has 8 heteroatoms. The van der Waals surface area contributed by atoms with Gasteiger partial charge in [-0.15, -0.1) is 11.3 Å². The fraction of sp³-hybridized carbons (Fsp3) is 0.400. The molecule has 0 aliphatic heterocycles. The minimum Gasteiger partial charge on any atom is -0.464 e. The molecule has 0 bridgehead atoms. The van der Waals surface area contributed by atoms with E-state index in [2.05, 4.69) is 16.4 Å². The zero-order valence-electron chi connectivity index (χ0n) is 15.7. The number of esters is 1. The Bertz CT molecular complexity index is 884. The van der Waals surface area contributed by atoms with Crippen LogP contribution in [0.4, 0.5) is 10.5 Å². The molecule has 0 atom stereocenters. The van der Waals surface area contributed by atoms with Crippen molar-refractivity contribution >= 4 is 29.0 Å². The second kappa shape index (κ2) is 9.33. The van der Waals surface area contributed by atoms with E-state index in [1.807, 2.05) is 0 Å². The summed E-state index contributed by atoms with van der Waals surface area (Å²) in [7, 11) is 1.32. The number of nitrogens with zero attached hydrogens (tertiary/aromatic N) is 3. The quantitative estimate of drug-likeness (QED) is 0.763. The van der Waals surface area contributed by atoms with Gasteiger partial charge in [-0.25, -0.2) is 14.6 Å². The fourth-order valence-corrected chi connectivity index (χ4v) is 4.11. The normalized spacial score (nSPS) is 14.1. The first-order chi connectivity index (χ1) is 13.6. The number of benzene rings is 1. The third kappa shape index (κ3) is 4.87. The molecule has 1 saturated carbocycles. The predicted molar refractivity (Wildman–Crippen MR) is 106 cm³/mol. The number of nitrogens with one attached hydrogen (secondary N) is 1. The van der Waals surface area contributed by atoms with Crippen LogP contribution in [-0.2, 0) is 11.3 Å². The number of nitriles is 1. The van der Waals surface area contributed by atoms with Gasteiger partial charge < -0.3 is 15.0 Å². The van der Waals surface area contributed by atoms with Crippen molar-refractivity contribution in [1.29, 1.82) is 5.26 Å². The van der Waals surface area contributed by atoms with Crippen LogP contribution in [0.3, 0.4) is 0 Å². The van der Waals surface area contributed by atoms with E-state index in [1.54, 1.807) is 34.5 Å². The van der Waals surface area contributed by atoms with Crippen molar-refractivity contribution in [3.63, 3.8) is 0 Å². The Hall–Kier alpha value is -2.92. The molecule has 1 fully saturated rings. The number of hydrogen-bond donors (Lipinski definition) is 1. The van der Waals surface area contributed by atoms with Gasteiger partial charge >= 0.3 is 12.0 Å². The highest BCUT2D eigenvalue weighted by atomic mass is 32.1. The second-order valence-electron chi connectivity index (χ2n) is 6.66. The number of urea groups is 1. The van der Waals surface area contributed by atoms with E-state index in [-0.39, 0.29) is 17.8 Å². The lowest BCUT2D eigenvalue weighted by Gasteiger charge is -2.33. The van der Waals surface area contributed by atoms with Crippen molar-refractivity contribution in [2.75, 3.05) is 12.4 Å². The number of carbonyl (C=O) groups excluding carboxylic acids is 2. The summed E-state index contributed by atoms with van der Waals surface area (Å²) in [5.41, 5.74) is 1.33. The Morgan fingerprint density at radius 3 is 2.86 bits per heavy atom. The number of anilines is 1. The van der Waals surface area contributed by atoms with Crippen LogP contribution in [0.25, 0.3) is 0 Å². The van der Waals surface area contributed by atoms with Crippen LogP contribution in [0.1, 0.15) is 53.2 Å². The lowest BCUT2D eigenvalue weighted by Crippen LogP contribution is -2.43. The Morgan fingerprint density at radius 1 is 1.36 bits per heavy atom. The van der Waals surface area contributed by atoms with E-state index in [0.717, 1.165) is 25.7 Å². The molecule has 7 nitrogen and oxygen atoms in total. The Labute approximate surface area is 167 Å². The number of amides is 2. The second-order valence-corrected chi connectivity index (χ2v) is 7.60. The summed E-state index contributed by atoms with van der Waals surface area (Å²) in [4.78, 5) is 30.8. The predicted octanol–water partition coefficient (Wildman–Crippen LogP) is 4.17. The first-order valence-corrected chi connectivity index (χ1v) is 10.1. The Morgan fingerprint density at radius 2 is 2.14 bits per heavy atom. The minimum absolute atomic E-state index is 0.123. The molecule has 1 aromatic heterocycles. The molecule has 0 unspecified atom stereocenters. The summed E-state index contributed by atoms with van der Waals surface area (Å²) in [5.74, 6) is -0.482. The van der Waals surface area contributed by atoms with E-state index in [0.29, 0.717) is 22.8 Å². The average Bonchev–Trinajstić information content (AvgIpc) is 3.21. The summed E-state index contributed by atoms with van der Waals surface area (Å²) in [6, 6.07) is 8.81. The van der Waals surface area contributed by atoms with E-state index in [4.69, 9.17) is 10.00 Å². The van der Waals surface area contributed by atoms with Gasteiger partial charge in [-0.1, -0.05) is 25.3 Å². The van der Waals surface area contributed by atoms with Crippen LogP contribution in [0, 0.1) is 11.3 Å². The SMILES string of the molecule is COC(=O)c1csc(CN(C(=O)Nc2cccc(C#N)c2)C2CCCCC2)n1. The Balaban J connectivity index is 1.77. The van der Waals surface area contributed by atoms with Crippen molar-refractivity contribution in [3.8, 4) is 6.07 Å². The lowest BCUT2D eigenvalue weighted by molar-refractivity contribution is 0.0594. The first-order valence-electron chi connectivity index (χ1n) is 9.21. The maximum atomic E-state index is 13.0. The largest absolute Gasteiger partial charge is 0.464 e. The maximum Gasteiger partial charge on any atom is 0.357 e. The average molecular weight is 398 g/mol. The highest BCUT2D eigenvalue weighted by Gasteiger charge is 2.27. The number of carbonyl (C=O) groups is 2. The summed E-state index contributed by atoms with van der Waals surface area (Å²) in [6.07, 6.45) is 5.25. The van der Waals surface area contributed by atoms with Crippen LogP contribution in [0.2, 0.25) is 0 Å². The van der Waals surface area contributed by atoms with Gasteiger partial charge in [0.05, 0.1) is 25.3 Å². The van der Waals surface area contributed by atoms with Crippen molar-refractivity contribution < 1.29 is 14.3 Å². The summed E-state index contributed by atoms with van der Waals surface area (Å²) < 4.78 is 4.71. The summed E-state index contributed by atoms with van der Waals surface area (Å²) in [6.45, 7) is 0.329. The topological polar surface area (TPSA) is 95.3 Å². The molecule has 1 aliphatic carbocycles. The van der Waals surface area contributed by atoms with Crippen molar-refractivity contribution in [3.05, 3.63) is 45.9 Å². The van der Waals surface area contributed by atoms with E-state index < -0.39 is 5.97 Å². The molecule has 1 N–H and O–H groups in total. The smallest absolute Gasteiger partial charge is 0.357 e. The maximum absolute atomic E-state index is 13.0. The van der Waals surface area contributed by atoms with Gasteiger partial charge in [0, 0.05) is 17.1 Å². The zero-order chi connectivity index (χ0) is 19.9. The standard InChI is InChI=1S/C20H22N4O3S/c1-27-19(25)17-13-28-18(23-17)12-24(16-8-3-2-4-9-16)20(26)22-15-7-5-6-14(10-15)11-21/h5-7,10,13,16H,2-4,8-9,12H2,1H3,(H,22,26). The van der Waals surface area contributed by atoms with Crippen molar-refractivity contribution in [2.45, 2.75) is 44.7 Å². The molecular weight excluding hydrogens is 376 g/mol. The van der Waals surface area contributed by atoms with Crippen LogP contribution in [0.5, 0.6) is 0 Å². The highest BCUT2D eigenvalue weighted by molar-refractivity contribution is 7.09. The third-order valence-corrected chi connectivity index (χ3v) is 5.60. The van der Waals surface area contributed by atoms with Gasteiger partial charge in [-0.2, -0.15) is 5.26 Å². The number of ether oxygens (including phenoxy) is 1. The van der Waals surface area contributed by atoms with Gasteiger partial charge in [-0.3, -0.25) is 0 Å². The van der Waals surface area contributed by atoms with E-state index >= 15 is 0 Å². The van der Waals surface area contributed by atoms with E-state index in [1.165, 1.54) is 24.9 Å². The van der Waals surface area contributed by atoms with Gasteiger partial charge in [-0.05, 0) is 31.0 Å². The minimum atomic E-state index is -0.482. The molecule has 0 saturated heterocycles. The van der Waals surface area contributed by atoms with Crippen LogP contribution < -0.4 is 5.32 Å². The van der Waals surface area contributed by atoms with Gasteiger partial charge in [0.2, 0.25) is 0 Å². The highest BCUT2D eigenvalue weighted by Crippen LogP contribution is 2.26. The first kappa shape index (κ1) is 19.8. The number of thiazole rings is 1. The monoisotopic (exact) mass is 398 g/mol. The number of hydrogen-bond acceptors (Lipinski definition) is 6. The van der Waals surface area contributed by atoms with Crippen LogP contribution >= 0.6 is 11.3 Å². The molecule has 1 aromatic carbocycles. The van der Waals surface area contributed by atoms with E-state index in [9.17, 15) is 9.59 Å². The molecule has 28 heavy (non-hydrogen) atoms. The molecule has 0 radical (unpaired) electrons. The van der Waals surface area contributed by atoms with Crippen LogP contribution in [0.15, 0.2) is 29.6 Å². The number of rotatable bonds is 5. The van der Waals surface area contributed by atoms with Crippen LogP contribution in [-0.4, -0.2) is 35.0 Å². The third-order valence-electron chi connectivity index (χ3n) is 4.77. The van der Waals surface area contributed by atoms with Gasteiger partial charge in [0.25, 0.3) is 0 Å². The molecular formula is C20H22N4O3S. The zero-order valence-corrected chi connectivity index (χ0v) is 16.5. The van der Waals surface area contributed by atoms with Crippen molar-refractivity contribution in [1.82, 2.24) is 9.88 Å². The Kier molecular flexibility index (Phi) is 6.61.